The lowest BCUT2D eigenvalue weighted by Gasteiger charge is -2.34. The fraction of sp³-hybridized carbons (Fsp3) is 0.786. The zero-order valence-corrected chi connectivity index (χ0v) is 11.5. The molecule has 1 fully saturated rings. The maximum Gasteiger partial charge on any atom is 0.514 e. The minimum absolute atomic E-state index is 0.366. The molecule has 0 aromatic carbocycles. The first-order valence-electron chi connectivity index (χ1n) is 6.67. The first-order valence-corrected chi connectivity index (χ1v) is 6.67. The van der Waals surface area contributed by atoms with E-state index >= 15 is 0 Å². The van der Waals surface area contributed by atoms with E-state index in [1.807, 2.05) is 26.8 Å². The second-order valence-corrected chi connectivity index (χ2v) is 6.00. The van der Waals surface area contributed by atoms with Gasteiger partial charge in [-0.25, -0.2) is 4.79 Å². The van der Waals surface area contributed by atoms with E-state index in [4.69, 9.17) is 14.2 Å². The Hall–Kier alpha value is -1.03. The summed E-state index contributed by atoms with van der Waals surface area (Å²) in [6.45, 7) is 6.00. The van der Waals surface area contributed by atoms with Crippen LogP contribution in [0.1, 0.15) is 52.9 Å². The van der Waals surface area contributed by atoms with Gasteiger partial charge in [0.1, 0.15) is 17.0 Å². The zero-order valence-electron chi connectivity index (χ0n) is 11.5. The van der Waals surface area contributed by atoms with Gasteiger partial charge in [-0.1, -0.05) is 19.3 Å². The van der Waals surface area contributed by atoms with Gasteiger partial charge < -0.3 is 14.2 Å². The molecule has 0 N–H and O–H groups in total. The van der Waals surface area contributed by atoms with Crippen molar-refractivity contribution in [2.75, 3.05) is 6.61 Å². The molecule has 2 rings (SSSR count). The number of hydrogen-bond donors (Lipinski definition) is 0. The molecule has 0 radical (unpaired) electrons. The van der Waals surface area contributed by atoms with Crippen LogP contribution in [0.2, 0.25) is 0 Å². The first kappa shape index (κ1) is 13.4. The van der Waals surface area contributed by atoms with E-state index in [1.165, 1.54) is 6.42 Å². The summed E-state index contributed by atoms with van der Waals surface area (Å²) >= 11 is 0. The molecular weight excluding hydrogens is 232 g/mol. The van der Waals surface area contributed by atoms with Crippen molar-refractivity contribution in [3.05, 3.63) is 11.8 Å². The topological polar surface area (TPSA) is 44.8 Å². The minimum atomic E-state index is -0.635. The predicted octanol–water partition coefficient (Wildman–Crippen LogP) is 3.56. The van der Waals surface area contributed by atoms with Crippen molar-refractivity contribution in [3.63, 3.8) is 0 Å². The minimum Gasteiger partial charge on any atom is -0.428 e. The van der Waals surface area contributed by atoms with Crippen LogP contribution in [0.5, 0.6) is 0 Å². The predicted molar refractivity (Wildman–Crippen MR) is 67.2 cm³/mol. The number of carbonyl (C=O) groups is 1. The van der Waals surface area contributed by atoms with Crippen LogP contribution in [0, 0.1) is 0 Å². The van der Waals surface area contributed by atoms with Crippen molar-refractivity contribution >= 4 is 6.16 Å². The van der Waals surface area contributed by atoms with Gasteiger partial charge in [0.2, 0.25) is 0 Å². The lowest BCUT2D eigenvalue weighted by atomic mass is 9.84. The molecule has 1 aliphatic carbocycles. The Morgan fingerprint density at radius 1 is 1.28 bits per heavy atom. The van der Waals surface area contributed by atoms with Crippen LogP contribution in [-0.2, 0) is 14.2 Å². The summed E-state index contributed by atoms with van der Waals surface area (Å²) in [5.41, 5.74) is -0.897. The first-order chi connectivity index (χ1) is 8.41. The van der Waals surface area contributed by atoms with Gasteiger partial charge in [-0.3, -0.25) is 0 Å². The van der Waals surface area contributed by atoms with Crippen LogP contribution >= 0.6 is 0 Å². The van der Waals surface area contributed by atoms with Crippen molar-refractivity contribution in [3.8, 4) is 0 Å². The molecule has 0 saturated heterocycles. The molecule has 4 nitrogen and oxygen atoms in total. The Bertz CT molecular complexity index is 345. The second kappa shape index (κ2) is 4.92. The van der Waals surface area contributed by atoms with Gasteiger partial charge in [-0.2, -0.15) is 0 Å². The number of ether oxygens (including phenoxy) is 3. The molecule has 0 aromatic rings. The summed E-state index contributed by atoms with van der Waals surface area (Å²) in [6.07, 6.45) is 6.55. The standard InChI is InChI=1S/C14H22O4/c1-13(2,3)18-12(15)17-11-7-10-16-14(11)8-5-4-6-9-14/h7H,4-6,8-10H2,1-3H3. The Morgan fingerprint density at radius 2 is 1.94 bits per heavy atom. The van der Waals surface area contributed by atoms with Crippen LogP contribution in [0.4, 0.5) is 4.79 Å². The van der Waals surface area contributed by atoms with E-state index in [-0.39, 0.29) is 5.60 Å². The fourth-order valence-corrected chi connectivity index (χ4v) is 2.54. The average molecular weight is 254 g/mol. The van der Waals surface area contributed by atoms with Crippen molar-refractivity contribution in [1.29, 1.82) is 0 Å². The normalized spacial score (nSPS) is 22.7. The molecule has 0 atom stereocenters. The largest absolute Gasteiger partial charge is 0.514 e. The maximum atomic E-state index is 11.7. The number of carbonyl (C=O) groups excluding carboxylic acids is 1. The third-order valence-corrected chi connectivity index (χ3v) is 3.32. The highest BCUT2D eigenvalue weighted by atomic mass is 16.7. The molecule has 1 heterocycles. The smallest absolute Gasteiger partial charge is 0.428 e. The molecule has 1 saturated carbocycles. The maximum absolute atomic E-state index is 11.7. The Morgan fingerprint density at radius 3 is 2.56 bits per heavy atom. The van der Waals surface area contributed by atoms with Crippen LogP contribution in [0.15, 0.2) is 11.8 Å². The van der Waals surface area contributed by atoms with Crippen molar-refractivity contribution in [2.45, 2.75) is 64.1 Å². The van der Waals surface area contributed by atoms with Crippen molar-refractivity contribution in [1.82, 2.24) is 0 Å². The average Bonchev–Trinajstić information content (AvgIpc) is 2.60. The molecule has 4 heteroatoms. The van der Waals surface area contributed by atoms with Gasteiger partial charge in [-0.05, 0) is 39.7 Å². The molecule has 18 heavy (non-hydrogen) atoms. The molecule has 1 aliphatic heterocycles. The molecule has 0 unspecified atom stereocenters. The van der Waals surface area contributed by atoms with E-state index in [1.54, 1.807) is 0 Å². The van der Waals surface area contributed by atoms with E-state index in [0.29, 0.717) is 12.4 Å². The molecule has 0 bridgehead atoms. The van der Waals surface area contributed by atoms with Gasteiger partial charge in [0.25, 0.3) is 0 Å². The van der Waals surface area contributed by atoms with Gasteiger partial charge in [0.05, 0.1) is 6.61 Å². The highest BCUT2D eigenvalue weighted by molar-refractivity contribution is 5.62. The lowest BCUT2D eigenvalue weighted by molar-refractivity contribution is -0.0527. The van der Waals surface area contributed by atoms with Gasteiger partial charge in [0.15, 0.2) is 0 Å². The Balaban J connectivity index is 1.98. The van der Waals surface area contributed by atoms with Crippen LogP contribution in [0.3, 0.4) is 0 Å². The lowest BCUT2D eigenvalue weighted by Crippen LogP contribution is -2.36. The summed E-state index contributed by atoms with van der Waals surface area (Å²) in [7, 11) is 0. The van der Waals surface area contributed by atoms with E-state index in [2.05, 4.69) is 0 Å². The molecule has 0 aromatic heterocycles. The highest BCUT2D eigenvalue weighted by Gasteiger charge is 2.42. The summed E-state index contributed by atoms with van der Waals surface area (Å²) in [4.78, 5) is 11.7. The van der Waals surface area contributed by atoms with Crippen molar-refractivity contribution in [2.24, 2.45) is 0 Å². The third kappa shape index (κ3) is 3.05. The molecule has 102 valence electrons. The SMILES string of the molecule is CC(C)(C)OC(=O)OC1=CCOC12CCCCC2. The Labute approximate surface area is 108 Å². The summed E-state index contributed by atoms with van der Waals surface area (Å²) in [5, 5.41) is 0. The summed E-state index contributed by atoms with van der Waals surface area (Å²) in [5.74, 6) is 0.649. The van der Waals surface area contributed by atoms with Crippen LogP contribution in [-0.4, -0.2) is 24.0 Å². The summed E-state index contributed by atoms with van der Waals surface area (Å²) in [6, 6.07) is 0. The highest BCUT2D eigenvalue weighted by Crippen LogP contribution is 2.41. The van der Waals surface area contributed by atoms with Gasteiger partial charge in [-0.15, -0.1) is 0 Å². The van der Waals surface area contributed by atoms with Gasteiger partial charge >= 0.3 is 6.16 Å². The fourth-order valence-electron chi connectivity index (χ4n) is 2.54. The van der Waals surface area contributed by atoms with Crippen LogP contribution in [0.25, 0.3) is 0 Å². The molecule has 1 spiro atoms. The van der Waals surface area contributed by atoms with E-state index in [0.717, 1.165) is 25.7 Å². The number of hydrogen-bond acceptors (Lipinski definition) is 4. The monoisotopic (exact) mass is 254 g/mol. The van der Waals surface area contributed by atoms with Gasteiger partial charge in [0, 0.05) is 0 Å². The summed E-state index contributed by atoms with van der Waals surface area (Å²) < 4.78 is 16.3. The molecule has 0 amide bonds. The molecular formula is C14H22O4. The van der Waals surface area contributed by atoms with Crippen LogP contribution < -0.4 is 0 Å². The van der Waals surface area contributed by atoms with E-state index in [9.17, 15) is 4.79 Å². The number of rotatable bonds is 1. The van der Waals surface area contributed by atoms with Crippen molar-refractivity contribution < 1.29 is 19.0 Å². The zero-order chi connectivity index (χ0) is 13.2. The van der Waals surface area contributed by atoms with E-state index < -0.39 is 11.8 Å². The Kier molecular flexibility index (Phi) is 3.66. The second-order valence-electron chi connectivity index (χ2n) is 6.00. The third-order valence-electron chi connectivity index (χ3n) is 3.32. The molecule has 2 aliphatic rings. The quantitative estimate of drug-likeness (QED) is 0.671.